The Hall–Kier alpha value is -2.78. The standard InChI is InChI=1S/C24H31N3O5S/c1-18-5-4-6-19(15-18)17-25-13-14-27(24(25)28)20-9-11-26(12-10-20)33(29,30)21-7-8-22(31-2)23(16-21)32-3/h4-8,15-16,20H,9-14,17H2,1-3H3. The van der Waals surface area contributed by atoms with Crippen LogP contribution in [-0.4, -0.2) is 75.0 Å². The molecule has 8 nitrogen and oxygen atoms in total. The Morgan fingerprint density at radius 2 is 1.67 bits per heavy atom. The number of hydrogen-bond donors (Lipinski definition) is 0. The number of carbonyl (C=O) groups excluding carboxylic acids is 1. The van der Waals surface area contributed by atoms with E-state index in [-0.39, 0.29) is 17.0 Å². The van der Waals surface area contributed by atoms with Crippen molar-refractivity contribution in [3.05, 3.63) is 53.6 Å². The molecule has 4 rings (SSSR count). The number of piperidine rings is 1. The zero-order valence-corrected chi connectivity index (χ0v) is 20.2. The number of rotatable bonds is 7. The molecule has 0 bridgehead atoms. The van der Waals surface area contributed by atoms with E-state index < -0.39 is 10.0 Å². The molecule has 0 saturated carbocycles. The fraction of sp³-hybridized carbons (Fsp3) is 0.458. The van der Waals surface area contributed by atoms with Crippen molar-refractivity contribution in [1.82, 2.24) is 14.1 Å². The van der Waals surface area contributed by atoms with Gasteiger partial charge in [-0.15, -0.1) is 0 Å². The smallest absolute Gasteiger partial charge is 0.320 e. The number of nitrogens with zero attached hydrogens (tertiary/aromatic N) is 3. The van der Waals surface area contributed by atoms with Crippen LogP contribution in [0.3, 0.4) is 0 Å². The van der Waals surface area contributed by atoms with Gasteiger partial charge in [-0.2, -0.15) is 4.31 Å². The Labute approximate surface area is 195 Å². The normalized spacial score (nSPS) is 18.1. The molecular weight excluding hydrogens is 442 g/mol. The molecule has 0 atom stereocenters. The van der Waals surface area contributed by atoms with Gasteiger partial charge in [-0.25, -0.2) is 13.2 Å². The Bertz CT molecular complexity index is 1110. The van der Waals surface area contributed by atoms with Gasteiger partial charge in [0.25, 0.3) is 0 Å². The van der Waals surface area contributed by atoms with Crippen molar-refractivity contribution in [1.29, 1.82) is 0 Å². The summed E-state index contributed by atoms with van der Waals surface area (Å²) in [5.74, 6) is 0.864. The number of urea groups is 1. The SMILES string of the molecule is COc1ccc(S(=O)(=O)N2CCC(N3CCN(Cc4cccc(C)c4)C3=O)CC2)cc1OC. The van der Waals surface area contributed by atoms with Crippen molar-refractivity contribution >= 4 is 16.1 Å². The lowest BCUT2D eigenvalue weighted by molar-refractivity contribution is 0.153. The molecule has 2 aliphatic heterocycles. The van der Waals surface area contributed by atoms with Crippen LogP contribution >= 0.6 is 0 Å². The molecule has 0 unspecified atom stereocenters. The molecule has 178 valence electrons. The highest BCUT2D eigenvalue weighted by atomic mass is 32.2. The number of ether oxygens (including phenoxy) is 2. The molecule has 2 fully saturated rings. The molecule has 0 aliphatic carbocycles. The van der Waals surface area contributed by atoms with Gasteiger partial charge in [0.05, 0.1) is 19.1 Å². The number of benzene rings is 2. The van der Waals surface area contributed by atoms with Crippen molar-refractivity contribution in [2.75, 3.05) is 40.4 Å². The minimum Gasteiger partial charge on any atom is -0.493 e. The Balaban J connectivity index is 1.38. The molecule has 2 aromatic carbocycles. The number of carbonyl (C=O) groups is 1. The van der Waals surface area contributed by atoms with E-state index in [9.17, 15) is 13.2 Å². The van der Waals surface area contributed by atoms with Gasteiger partial charge < -0.3 is 19.3 Å². The zero-order chi connectivity index (χ0) is 23.6. The first-order valence-corrected chi connectivity index (χ1v) is 12.6. The van der Waals surface area contributed by atoms with E-state index in [4.69, 9.17) is 9.47 Å². The lowest BCUT2D eigenvalue weighted by Crippen LogP contribution is -2.47. The third kappa shape index (κ3) is 4.79. The predicted octanol–water partition coefficient (Wildman–Crippen LogP) is 3.10. The van der Waals surface area contributed by atoms with Gasteiger partial charge in [0, 0.05) is 44.8 Å². The Morgan fingerprint density at radius 3 is 2.33 bits per heavy atom. The highest BCUT2D eigenvalue weighted by Crippen LogP contribution is 2.32. The second kappa shape index (κ2) is 9.61. The van der Waals surface area contributed by atoms with Crippen LogP contribution in [-0.2, 0) is 16.6 Å². The van der Waals surface area contributed by atoms with E-state index in [0.29, 0.717) is 57.1 Å². The third-order valence-corrected chi connectivity index (χ3v) is 8.33. The number of hydrogen-bond acceptors (Lipinski definition) is 5. The van der Waals surface area contributed by atoms with Crippen molar-refractivity contribution in [3.63, 3.8) is 0 Å². The van der Waals surface area contributed by atoms with Crippen LogP contribution in [0.2, 0.25) is 0 Å². The van der Waals surface area contributed by atoms with Gasteiger partial charge in [0.15, 0.2) is 11.5 Å². The fourth-order valence-electron chi connectivity index (χ4n) is 4.64. The van der Waals surface area contributed by atoms with Crippen molar-refractivity contribution < 1.29 is 22.7 Å². The van der Waals surface area contributed by atoms with Crippen LogP contribution in [0.15, 0.2) is 47.4 Å². The summed E-state index contributed by atoms with van der Waals surface area (Å²) in [6.07, 6.45) is 1.24. The highest BCUT2D eigenvalue weighted by molar-refractivity contribution is 7.89. The summed E-state index contributed by atoms with van der Waals surface area (Å²) in [4.78, 5) is 17.0. The highest BCUT2D eigenvalue weighted by Gasteiger charge is 2.37. The average molecular weight is 474 g/mol. The van der Waals surface area contributed by atoms with E-state index >= 15 is 0 Å². The molecule has 0 aromatic heterocycles. The summed E-state index contributed by atoms with van der Waals surface area (Å²) in [5.41, 5.74) is 2.31. The molecule has 2 heterocycles. The number of aryl methyl sites for hydroxylation is 1. The maximum absolute atomic E-state index is 13.2. The van der Waals surface area contributed by atoms with Gasteiger partial charge in [0.2, 0.25) is 10.0 Å². The second-order valence-electron chi connectivity index (χ2n) is 8.54. The molecular formula is C24H31N3O5S. The summed E-state index contributed by atoms with van der Waals surface area (Å²) in [6.45, 7) is 4.77. The first-order valence-electron chi connectivity index (χ1n) is 11.2. The minimum absolute atomic E-state index is 0.0395. The van der Waals surface area contributed by atoms with E-state index in [0.717, 1.165) is 5.56 Å². The van der Waals surface area contributed by atoms with E-state index in [1.807, 2.05) is 34.9 Å². The average Bonchev–Trinajstić information content (AvgIpc) is 3.18. The Kier molecular flexibility index (Phi) is 6.81. The first kappa shape index (κ1) is 23.4. The second-order valence-corrected chi connectivity index (χ2v) is 10.5. The van der Waals surface area contributed by atoms with E-state index in [1.165, 1.54) is 36.2 Å². The molecule has 2 amide bonds. The molecule has 0 N–H and O–H groups in total. The van der Waals surface area contributed by atoms with Crippen molar-refractivity contribution in [2.24, 2.45) is 0 Å². The van der Waals surface area contributed by atoms with Gasteiger partial charge in [-0.3, -0.25) is 0 Å². The van der Waals surface area contributed by atoms with Gasteiger partial charge in [0.1, 0.15) is 0 Å². The first-order chi connectivity index (χ1) is 15.8. The van der Waals surface area contributed by atoms with E-state index in [2.05, 4.69) is 6.07 Å². The predicted molar refractivity (Wildman–Crippen MR) is 125 cm³/mol. The van der Waals surface area contributed by atoms with Gasteiger partial charge in [-0.05, 0) is 37.5 Å². The summed E-state index contributed by atoms with van der Waals surface area (Å²) in [6, 6.07) is 12.9. The van der Waals surface area contributed by atoms with Crippen LogP contribution < -0.4 is 9.47 Å². The van der Waals surface area contributed by atoms with Crippen LogP contribution in [0.25, 0.3) is 0 Å². The molecule has 2 saturated heterocycles. The minimum atomic E-state index is -3.65. The fourth-order valence-corrected chi connectivity index (χ4v) is 6.12. The summed E-state index contributed by atoms with van der Waals surface area (Å²) in [5, 5.41) is 0. The topological polar surface area (TPSA) is 79.4 Å². The molecule has 0 spiro atoms. The largest absolute Gasteiger partial charge is 0.493 e. The van der Waals surface area contributed by atoms with Crippen LogP contribution in [0.5, 0.6) is 11.5 Å². The van der Waals surface area contributed by atoms with Crippen LogP contribution in [0.1, 0.15) is 24.0 Å². The molecule has 33 heavy (non-hydrogen) atoms. The summed E-state index contributed by atoms with van der Waals surface area (Å²) in [7, 11) is -0.658. The number of amides is 2. The molecule has 0 radical (unpaired) electrons. The van der Waals surface area contributed by atoms with Crippen molar-refractivity contribution in [3.8, 4) is 11.5 Å². The van der Waals surface area contributed by atoms with Crippen LogP contribution in [0.4, 0.5) is 4.79 Å². The summed E-state index contributed by atoms with van der Waals surface area (Å²) >= 11 is 0. The van der Waals surface area contributed by atoms with Gasteiger partial charge >= 0.3 is 6.03 Å². The maximum atomic E-state index is 13.2. The van der Waals surface area contributed by atoms with Crippen molar-refractivity contribution in [2.45, 2.75) is 37.2 Å². The third-order valence-electron chi connectivity index (χ3n) is 6.44. The lowest BCUT2D eigenvalue weighted by atomic mass is 10.1. The maximum Gasteiger partial charge on any atom is 0.320 e. The molecule has 2 aliphatic rings. The summed E-state index contributed by atoms with van der Waals surface area (Å²) < 4.78 is 38.3. The zero-order valence-electron chi connectivity index (χ0n) is 19.4. The monoisotopic (exact) mass is 473 g/mol. The number of methoxy groups -OCH3 is 2. The Morgan fingerprint density at radius 1 is 0.939 bits per heavy atom. The quantitative estimate of drug-likeness (QED) is 0.617. The molecule has 2 aromatic rings. The molecule has 9 heteroatoms. The van der Waals surface area contributed by atoms with Crippen LogP contribution in [0, 0.1) is 6.92 Å². The van der Waals surface area contributed by atoms with Gasteiger partial charge in [-0.1, -0.05) is 29.8 Å². The lowest BCUT2D eigenvalue weighted by Gasteiger charge is -2.36. The van der Waals surface area contributed by atoms with E-state index in [1.54, 1.807) is 6.07 Å². The number of sulfonamides is 1.